The van der Waals surface area contributed by atoms with Gasteiger partial charge in [0.1, 0.15) is 0 Å². The summed E-state index contributed by atoms with van der Waals surface area (Å²) in [5, 5.41) is 0. The van der Waals surface area contributed by atoms with E-state index in [0.29, 0.717) is 11.3 Å². The van der Waals surface area contributed by atoms with E-state index in [9.17, 15) is 8.42 Å². The lowest BCUT2D eigenvalue weighted by molar-refractivity contribution is 0.351. The number of para-hydroxylation sites is 1. The van der Waals surface area contributed by atoms with Crippen LogP contribution in [0.5, 0.6) is 0 Å². The number of nitrogens with zero attached hydrogens (tertiary/aromatic N) is 1. The fourth-order valence-electron chi connectivity index (χ4n) is 4.70. The quantitative estimate of drug-likeness (QED) is 0.462. The van der Waals surface area contributed by atoms with Gasteiger partial charge in [-0.2, -0.15) is 0 Å². The molecular formula is C24H24BrNO2S. The number of hydrogen-bond donors (Lipinski definition) is 0. The zero-order valence-electron chi connectivity index (χ0n) is 16.8. The second-order valence-corrected chi connectivity index (χ2v) is 11.1. The summed E-state index contributed by atoms with van der Waals surface area (Å²) in [6.45, 7) is 6.24. The van der Waals surface area contributed by atoms with Crippen LogP contribution in [0.4, 0.5) is 5.69 Å². The van der Waals surface area contributed by atoms with Crippen LogP contribution in [0.1, 0.15) is 38.3 Å². The van der Waals surface area contributed by atoms with Crippen LogP contribution in [0.2, 0.25) is 0 Å². The molecule has 0 saturated carbocycles. The molecule has 1 atom stereocenters. The average Bonchev–Trinajstić information content (AvgIpc) is 2.68. The molecule has 1 heterocycles. The van der Waals surface area contributed by atoms with Crippen molar-refractivity contribution in [1.29, 1.82) is 0 Å². The standard InChI is InChI=1S/C24H24BrNO2S/c1-23(2)17-24(3,18-13-15-19(25)16-14-18)21-11-7-8-12-22(21)26(23)29(27,28)20-9-5-4-6-10-20/h4-16H,17H2,1-3H3. The molecule has 1 aliphatic heterocycles. The summed E-state index contributed by atoms with van der Waals surface area (Å²) >= 11 is 3.52. The normalized spacial score (nSPS) is 20.9. The van der Waals surface area contributed by atoms with Gasteiger partial charge in [-0.05, 0) is 61.7 Å². The summed E-state index contributed by atoms with van der Waals surface area (Å²) in [6.07, 6.45) is 0.671. The maximum atomic E-state index is 13.7. The molecule has 0 spiro atoms. The van der Waals surface area contributed by atoms with Gasteiger partial charge in [0.2, 0.25) is 0 Å². The van der Waals surface area contributed by atoms with Crippen LogP contribution in [-0.4, -0.2) is 14.0 Å². The molecule has 3 aromatic carbocycles. The summed E-state index contributed by atoms with van der Waals surface area (Å²) < 4.78 is 30.0. The third-order valence-corrected chi connectivity index (χ3v) is 8.38. The van der Waals surface area contributed by atoms with Crippen LogP contribution < -0.4 is 4.31 Å². The smallest absolute Gasteiger partial charge is 0.260 e. The van der Waals surface area contributed by atoms with Crippen LogP contribution in [0.3, 0.4) is 0 Å². The van der Waals surface area contributed by atoms with Crippen LogP contribution in [0, 0.1) is 0 Å². The van der Waals surface area contributed by atoms with E-state index in [2.05, 4.69) is 41.1 Å². The predicted molar refractivity (Wildman–Crippen MR) is 122 cm³/mol. The van der Waals surface area contributed by atoms with Crippen molar-refractivity contribution >= 4 is 31.6 Å². The lowest BCUT2D eigenvalue weighted by atomic mass is 9.66. The minimum absolute atomic E-state index is 0.302. The summed E-state index contributed by atoms with van der Waals surface area (Å²) in [6, 6.07) is 24.9. The zero-order valence-corrected chi connectivity index (χ0v) is 19.2. The molecular weight excluding hydrogens is 446 g/mol. The summed E-state index contributed by atoms with van der Waals surface area (Å²) in [5.41, 5.74) is 2.05. The highest BCUT2D eigenvalue weighted by atomic mass is 79.9. The fraction of sp³-hybridized carbons (Fsp3) is 0.250. The molecule has 0 amide bonds. The first kappa shape index (κ1) is 20.2. The fourth-order valence-corrected chi connectivity index (χ4v) is 6.81. The van der Waals surface area contributed by atoms with Gasteiger partial charge in [-0.1, -0.05) is 71.4 Å². The Morgan fingerprint density at radius 3 is 2.07 bits per heavy atom. The molecule has 0 bridgehead atoms. The van der Waals surface area contributed by atoms with Gasteiger partial charge in [0.05, 0.1) is 16.1 Å². The molecule has 29 heavy (non-hydrogen) atoms. The van der Waals surface area contributed by atoms with Crippen molar-refractivity contribution in [2.24, 2.45) is 0 Å². The number of fused-ring (bicyclic) bond motifs is 1. The predicted octanol–water partition coefficient (Wildman–Crippen LogP) is 6.13. The van der Waals surface area contributed by atoms with Gasteiger partial charge in [-0.25, -0.2) is 8.42 Å². The Kier molecular flexibility index (Phi) is 4.87. The topological polar surface area (TPSA) is 37.4 Å². The van der Waals surface area contributed by atoms with Gasteiger partial charge < -0.3 is 0 Å². The average molecular weight is 470 g/mol. The van der Waals surface area contributed by atoms with Gasteiger partial charge in [-0.15, -0.1) is 0 Å². The summed E-state index contributed by atoms with van der Waals surface area (Å²) in [4.78, 5) is 0.315. The van der Waals surface area contributed by atoms with Crippen LogP contribution in [-0.2, 0) is 15.4 Å². The number of halogens is 1. The first-order valence-electron chi connectivity index (χ1n) is 9.62. The molecule has 1 unspecified atom stereocenters. The third kappa shape index (κ3) is 3.30. The Morgan fingerprint density at radius 2 is 1.41 bits per heavy atom. The Hall–Kier alpha value is -2.11. The van der Waals surface area contributed by atoms with E-state index in [1.165, 1.54) is 5.56 Å². The molecule has 0 N–H and O–H groups in total. The number of anilines is 1. The Morgan fingerprint density at radius 1 is 0.828 bits per heavy atom. The van der Waals surface area contributed by atoms with Gasteiger partial charge in [-0.3, -0.25) is 4.31 Å². The Labute approximate surface area is 181 Å². The molecule has 5 heteroatoms. The highest BCUT2D eigenvalue weighted by Gasteiger charge is 2.49. The van der Waals surface area contributed by atoms with Crippen molar-refractivity contribution in [2.75, 3.05) is 4.31 Å². The Bertz CT molecular complexity index is 1140. The van der Waals surface area contributed by atoms with Gasteiger partial charge in [0, 0.05) is 9.89 Å². The summed E-state index contributed by atoms with van der Waals surface area (Å²) in [7, 11) is -3.70. The lowest BCUT2D eigenvalue weighted by Gasteiger charge is -2.51. The van der Waals surface area contributed by atoms with E-state index >= 15 is 0 Å². The number of hydrogen-bond acceptors (Lipinski definition) is 2. The summed E-state index contributed by atoms with van der Waals surface area (Å²) in [5.74, 6) is 0. The van der Waals surface area contributed by atoms with Gasteiger partial charge in [0.15, 0.2) is 0 Å². The van der Waals surface area contributed by atoms with Crippen LogP contribution in [0.15, 0.2) is 88.2 Å². The monoisotopic (exact) mass is 469 g/mol. The van der Waals surface area contributed by atoms with Crippen molar-refractivity contribution in [1.82, 2.24) is 0 Å². The number of benzene rings is 3. The van der Waals surface area contributed by atoms with E-state index in [1.807, 2.05) is 50.2 Å². The second-order valence-electron chi connectivity index (χ2n) is 8.43. The highest BCUT2D eigenvalue weighted by molar-refractivity contribution is 9.10. The van der Waals surface area contributed by atoms with Crippen LogP contribution >= 0.6 is 15.9 Å². The molecule has 150 valence electrons. The molecule has 0 aliphatic carbocycles. The van der Waals surface area contributed by atoms with Gasteiger partial charge in [0.25, 0.3) is 10.0 Å². The molecule has 3 aromatic rings. The minimum atomic E-state index is -3.70. The van der Waals surface area contributed by atoms with Crippen LogP contribution in [0.25, 0.3) is 0 Å². The highest BCUT2D eigenvalue weighted by Crippen LogP contribution is 2.52. The maximum Gasteiger partial charge on any atom is 0.264 e. The van der Waals surface area contributed by atoms with E-state index < -0.39 is 15.6 Å². The molecule has 0 radical (unpaired) electrons. The maximum absolute atomic E-state index is 13.7. The first-order valence-corrected chi connectivity index (χ1v) is 11.9. The number of rotatable bonds is 3. The van der Waals surface area contributed by atoms with Crippen molar-refractivity contribution < 1.29 is 8.42 Å². The molecule has 0 fully saturated rings. The Balaban J connectivity index is 1.95. The zero-order chi connectivity index (χ0) is 20.9. The van der Waals surface area contributed by atoms with Crippen molar-refractivity contribution in [3.05, 3.63) is 94.5 Å². The lowest BCUT2D eigenvalue weighted by Crippen LogP contribution is -2.55. The second kappa shape index (κ2) is 6.99. The molecule has 3 nitrogen and oxygen atoms in total. The van der Waals surface area contributed by atoms with Gasteiger partial charge >= 0.3 is 0 Å². The largest absolute Gasteiger partial charge is 0.264 e. The van der Waals surface area contributed by atoms with E-state index in [1.54, 1.807) is 28.6 Å². The molecule has 0 aromatic heterocycles. The van der Waals surface area contributed by atoms with Crippen molar-refractivity contribution in [2.45, 2.75) is 43.0 Å². The van der Waals surface area contributed by atoms with Crippen molar-refractivity contribution in [3.8, 4) is 0 Å². The number of sulfonamides is 1. The minimum Gasteiger partial charge on any atom is -0.260 e. The molecule has 0 saturated heterocycles. The first-order chi connectivity index (χ1) is 13.7. The van der Waals surface area contributed by atoms with Crippen molar-refractivity contribution in [3.63, 3.8) is 0 Å². The SMILES string of the molecule is CC1(c2ccc(Br)cc2)CC(C)(C)N(S(=O)(=O)c2ccccc2)c2ccccc21. The van der Waals surface area contributed by atoms with E-state index in [0.717, 1.165) is 15.7 Å². The van der Waals surface area contributed by atoms with E-state index in [4.69, 9.17) is 0 Å². The van der Waals surface area contributed by atoms with E-state index in [-0.39, 0.29) is 5.41 Å². The molecule has 1 aliphatic rings. The third-order valence-electron chi connectivity index (χ3n) is 5.82. The molecule has 4 rings (SSSR count).